The summed E-state index contributed by atoms with van der Waals surface area (Å²) >= 11 is 0. The molecule has 29 heavy (non-hydrogen) atoms. The first-order valence-electron chi connectivity index (χ1n) is 10.1. The van der Waals surface area contributed by atoms with Crippen molar-refractivity contribution in [3.05, 3.63) is 77.5 Å². The van der Waals surface area contributed by atoms with Crippen molar-refractivity contribution in [2.75, 3.05) is 13.2 Å². The zero-order valence-corrected chi connectivity index (χ0v) is 16.8. The van der Waals surface area contributed by atoms with Crippen molar-refractivity contribution in [1.29, 1.82) is 0 Å². The van der Waals surface area contributed by atoms with Crippen molar-refractivity contribution in [2.24, 2.45) is 0 Å². The number of nitrogens with one attached hydrogen (secondary N) is 1. The van der Waals surface area contributed by atoms with Gasteiger partial charge in [-0.2, -0.15) is 0 Å². The van der Waals surface area contributed by atoms with Crippen LogP contribution in [0.2, 0.25) is 0 Å². The van der Waals surface area contributed by atoms with E-state index >= 15 is 0 Å². The van der Waals surface area contributed by atoms with Gasteiger partial charge in [0.05, 0.1) is 13.2 Å². The molecule has 4 rings (SSSR count). The molecule has 1 N–H and O–H groups in total. The second-order valence-corrected chi connectivity index (χ2v) is 7.13. The average Bonchev–Trinajstić information content (AvgIpc) is 3.11. The first-order valence-corrected chi connectivity index (χ1v) is 10.1. The van der Waals surface area contributed by atoms with Crippen LogP contribution in [0.15, 0.2) is 60.7 Å². The van der Waals surface area contributed by atoms with E-state index in [2.05, 4.69) is 36.2 Å². The Bertz CT molecular complexity index is 1160. The summed E-state index contributed by atoms with van der Waals surface area (Å²) in [5, 5.41) is 3.37. The highest BCUT2D eigenvalue weighted by Crippen LogP contribution is 2.30. The van der Waals surface area contributed by atoms with Gasteiger partial charge in [0, 0.05) is 16.3 Å². The quantitative estimate of drug-likeness (QED) is 0.321. The Labute approximate surface area is 170 Å². The molecule has 4 heteroatoms. The molecule has 3 aromatic carbocycles. The van der Waals surface area contributed by atoms with Crippen molar-refractivity contribution >= 4 is 27.6 Å². The van der Waals surface area contributed by atoms with Crippen molar-refractivity contribution in [2.45, 2.75) is 26.7 Å². The molecule has 4 nitrogen and oxygen atoms in total. The maximum Gasteiger partial charge on any atom is 0.355 e. The molecule has 0 aliphatic rings. The van der Waals surface area contributed by atoms with Crippen LogP contribution in [0.4, 0.5) is 0 Å². The van der Waals surface area contributed by atoms with E-state index in [1.54, 1.807) is 0 Å². The normalized spacial score (nSPS) is 11.1. The highest BCUT2D eigenvalue weighted by atomic mass is 16.5. The number of para-hydroxylation sites is 1. The molecular weight excluding hydrogens is 362 g/mol. The minimum absolute atomic E-state index is 0.301. The minimum atomic E-state index is -0.301. The number of H-pyrrole nitrogens is 1. The second-order valence-electron chi connectivity index (χ2n) is 7.13. The molecule has 0 bridgehead atoms. The van der Waals surface area contributed by atoms with Crippen LogP contribution in [0.3, 0.4) is 0 Å². The molecule has 4 aromatic rings. The molecule has 0 radical (unpaired) electrons. The summed E-state index contributed by atoms with van der Waals surface area (Å²) in [6, 6.07) is 20.5. The van der Waals surface area contributed by atoms with Gasteiger partial charge in [-0.1, -0.05) is 54.6 Å². The van der Waals surface area contributed by atoms with Crippen LogP contribution >= 0.6 is 0 Å². The van der Waals surface area contributed by atoms with Gasteiger partial charge in [-0.05, 0) is 49.3 Å². The predicted molar refractivity (Wildman–Crippen MR) is 117 cm³/mol. The Kier molecular flexibility index (Phi) is 5.52. The van der Waals surface area contributed by atoms with Gasteiger partial charge in [-0.15, -0.1) is 0 Å². The average molecular weight is 387 g/mol. The summed E-state index contributed by atoms with van der Waals surface area (Å²) in [6.45, 7) is 4.83. The third-order valence-electron chi connectivity index (χ3n) is 5.19. The molecule has 0 saturated heterocycles. The predicted octanol–water partition coefficient (Wildman–Crippen LogP) is 5.82. The maximum atomic E-state index is 12.4. The number of aromatic amines is 1. The third-order valence-corrected chi connectivity index (χ3v) is 5.19. The molecule has 1 aromatic heterocycles. The molecule has 0 aliphatic carbocycles. The number of fused-ring (bicyclic) bond motifs is 2. The standard InChI is InChI=1S/C25H25NO3/c1-3-28-25(27)23-21(20-11-6-7-13-22(20)26-23)12-8-16-29-24-17(2)14-15-18-9-4-5-10-19(18)24/h4-7,9-11,13-15,26H,3,8,12,16H2,1-2H3. The number of benzene rings is 3. The third kappa shape index (κ3) is 3.83. The van der Waals surface area contributed by atoms with Crippen LogP contribution in [0.5, 0.6) is 5.75 Å². The fourth-order valence-electron chi connectivity index (χ4n) is 3.80. The molecule has 0 aliphatic heterocycles. The molecule has 0 atom stereocenters. The number of esters is 1. The van der Waals surface area contributed by atoms with Crippen LogP contribution in [-0.2, 0) is 11.2 Å². The van der Waals surface area contributed by atoms with Gasteiger partial charge in [0.2, 0.25) is 0 Å². The fraction of sp³-hybridized carbons (Fsp3) is 0.240. The van der Waals surface area contributed by atoms with E-state index in [0.717, 1.165) is 46.0 Å². The van der Waals surface area contributed by atoms with Crippen LogP contribution in [0.1, 0.15) is 35.0 Å². The zero-order chi connectivity index (χ0) is 20.2. The number of hydrogen-bond donors (Lipinski definition) is 1. The molecule has 0 spiro atoms. The van der Waals surface area contributed by atoms with Gasteiger partial charge in [0.25, 0.3) is 0 Å². The van der Waals surface area contributed by atoms with Crippen LogP contribution in [0.25, 0.3) is 21.7 Å². The lowest BCUT2D eigenvalue weighted by molar-refractivity contribution is 0.0519. The van der Waals surface area contributed by atoms with Gasteiger partial charge >= 0.3 is 5.97 Å². The van der Waals surface area contributed by atoms with Crippen LogP contribution < -0.4 is 4.74 Å². The molecule has 1 heterocycles. The molecule has 0 saturated carbocycles. The van der Waals surface area contributed by atoms with E-state index in [4.69, 9.17) is 9.47 Å². The lowest BCUT2D eigenvalue weighted by Gasteiger charge is -2.12. The number of hydrogen-bond acceptors (Lipinski definition) is 3. The number of aryl methyl sites for hydroxylation is 2. The molecule has 0 amide bonds. The van der Waals surface area contributed by atoms with Crippen molar-refractivity contribution in [3.8, 4) is 5.75 Å². The van der Waals surface area contributed by atoms with Gasteiger partial charge in [0.1, 0.15) is 11.4 Å². The molecule has 0 unspecified atom stereocenters. The van der Waals surface area contributed by atoms with Crippen molar-refractivity contribution in [3.63, 3.8) is 0 Å². The van der Waals surface area contributed by atoms with E-state index in [0.29, 0.717) is 18.9 Å². The summed E-state index contributed by atoms with van der Waals surface area (Å²) in [4.78, 5) is 15.6. The second kappa shape index (κ2) is 8.39. The fourth-order valence-corrected chi connectivity index (χ4v) is 3.80. The Morgan fingerprint density at radius 2 is 1.72 bits per heavy atom. The van der Waals surface area contributed by atoms with Gasteiger partial charge in [0.15, 0.2) is 0 Å². The Morgan fingerprint density at radius 3 is 2.55 bits per heavy atom. The highest BCUT2D eigenvalue weighted by molar-refractivity contribution is 5.98. The van der Waals surface area contributed by atoms with Gasteiger partial charge in [-0.25, -0.2) is 4.79 Å². The number of carbonyl (C=O) groups excluding carboxylic acids is 1. The first-order chi connectivity index (χ1) is 14.2. The zero-order valence-electron chi connectivity index (χ0n) is 16.8. The smallest absolute Gasteiger partial charge is 0.355 e. The summed E-state index contributed by atoms with van der Waals surface area (Å²) in [5.74, 6) is 0.636. The van der Waals surface area contributed by atoms with E-state index in [9.17, 15) is 4.79 Å². The van der Waals surface area contributed by atoms with E-state index in [-0.39, 0.29) is 5.97 Å². The Morgan fingerprint density at radius 1 is 0.966 bits per heavy atom. The maximum absolute atomic E-state index is 12.4. The molecule has 0 fully saturated rings. The number of rotatable bonds is 7. The van der Waals surface area contributed by atoms with E-state index in [1.807, 2.05) is 43.3 Å². The number of ether oxygens (including phenoxy) is 2. The number of carbonyl (C=O) groups is 1. The summed E-state index contributed by atoms with van der Waals surface area (Å²) in [6.07, 6.45) is 1.54. The minimum Gasteiger partial charge on any atom is -0.493 e. The van der Waals surface area contributed by atoms with Gasteiger partial charge < -0.3 is 14.5 Å². The largest absolute Gasteiger partial charge is 0.493 e. The first kappa shape index (κ1) is 19.1. The highest BCUT2D eigenvalue weighted by Gasteiger charge is 2.18. The summed E-state index contributed by atoms with van der Waals surface area (Å²) in [5.41, 5.74) is 3.63. The molecule has 148 valence electrons. The van der Waals surface area contributed by atoms with Gasteiger partial charge in [-0.3, -0.25) is 0 Å². The lowest BCUT2D eigenvalue weighted by Crippen LogP contribution is -2.09. The Hall–Kier alpha value is -3.27. The van der Waals surface area contributed by atoms with Crippen molar-refractivity contribution < 1.29 is 14.3 Å². The topological polar surface area (TPSA) is 51.3 Å². The lowest BCUT2D eigenvalue weighted by atomic mass is 10.0. The number of aromatic nitrogens is 1. The molecular formula is C25H25NO3. The SMILES string of the molecule is CCOC(=O)c1[nH]c2ccccc2c1CCCOc1c(C)ccc2ccccc12. The van der Waals surface area contributed by atoms with Crippen LogP contribution in [0, 0.1) is 6.92 Å². The van der Waals surface area contributed by atoms with E-state index < -0.39 is 0 Å². The Balaban J connectivity index is 1.52. The van der Waals surface area contributed by atoms with E-state index in [1.165, 1.54) is 5.39 Å². The summed E-state index contributed by atoms with van der Waals surface area (Å²) < 4.78 is 11.4. The van der Waals surface area contributed by atoms with Crippen LogP contribution in [-0.4, -0.2) is 24.2 Å². The summed E-state index contributed by atoms with van der Waals surface area (Å²) in [7, 11) is 0. The monoisotopic (exact) mass is 387 g/mol. The van der Waals surface area contributed by atoms with Crippen molar-refractivity contribution in [1.82, 2.24) is 4.98 Å².